The Balaban J connectivity index is 2.50. The third-order valence-corrected chi connectivity index (χ3v) is 2.86. The Bertz CT molecular complexity index is 397. The lowest BCUT2D eigenvalue weighted by atomic mass is 10.0. The molecule has 18 heavy (non-hydrogen) atoms. The molecule has 1 aliphatic rings. The molecule has 0 aliphatic heterocycles. The molecule has 0 N–H and O–H groups in total. The van der Waals surface area contributed by atoms with Gasteiger partial charge in [-0.05, 0) is 30.9 Å². The summed E-state index contributed by atoms with van der Waals surface area (Å²) in [6.45, 7) is 6.20. The molecule has 0 heterocycles. The van der Waals surface area contributed by atoms with Gasteiger partial charge in [0.1, 0.15) is 0 Å². The van der Waals surface area contributed by atoms with Gasteiger partial charge in [-0.3, -0.25) is 4.79 Å². The number of ether oxygens (including phenoxy) is 1. The zero-order chi connectivity index (χ0) is 13.4. The molecule has 0 saturated heterocycles. The van der Waals surface area contributed by atoms with E-state index in [1.165, 1.54) is 0 Å². The first-order valence-electron chi connectivity index (χ1n) is 6.52. The number of allylic oxidation sites excluding steroid dienone is 7. The van der Waals surface area contributed by atoms with Gasteiger partial charge in [0.25, 0.3) is 0 Å². The lowest BCUT2D eigenvalue weighted by Gasteiger charge is -2.15. The van der Waals surface area contributed by atoms with Crippen molar-refractivity contribution in [1.29, 1.82) is 0 Å². The minimum Gasteiger partial charge on any atom is -0.490 e. The lowest BCUT2D eigenvalue weighted by Crippen LogP contribution is -2.12. The SMILES string of the molecule is C/C=C\C=C(/CC)C(=O)COC1=CC=CC(C)C1. The number of hydrogen-bond donors (Lipinski definition) is 0. The highest BCUT2D eigenvalue weighted by atomic mass is 16.5. The molecule has 0 amide bonds. The van der Waals surface area contributed by atoms with Gasteiger partial charge in [0.05, 0.1) is 5.76 Å². The Kier molecular flexibility index (Phi) is 6.20. The second kappa shape index (κ2) is 7.70. The predicted molar refractivity (Wildman–Crippen MR) is 75.2 cm³/mol. The van der Waals surface area contributed by atoms with Crippen molar-refractivity contribution >= 4 is 5.78 Å². The summed E-state index contributed by atoms with van der Waals surface area (Å²) in [7, 11) is 0. The maximum absolute atomic E-state index is 11.9. The molecule has 98 valence electrons. The number of hydrogen-bond acceptors (Lipinski definition) is 2. The maximum Gasteiger partial charge on any atom is 0.196 e. The fourth-order valence-corrected chi connectivity index (χ4v) is 1.78. The highest BCUT2D eigenvalue weighted by Gasteiger charge is 2.11. The number of ketones is 1. The van der Waals surface area contributed by atoms with E-state index in [0.717, 1.165) is 24.2 Å². The van der Waals surface area contributed by atoms with Gasteiger partial charge >= 0.3 is 0 Å². The first-order valence-corrected chi connectivity index (χ1v) is 6.52. The van der Waals surface area contributed by atoms with Crippen molar-refractivity contribution in [1.82, 2.24) is 0 Å². The van der Waals surface area contributed by atoms with E-state index < -0.39 is 0 Å². The predicted octanol–water partition coefficient (Wildman–Crippen LogP) is 3.96. The first kappa shape index (κ1) is 14.5. The number of rotatable bonds is 6. The fourth-order valence-electron chi connectivity index (χ4n) is 1.78. The summed E-state index contributed by atoms with van der Waals surface area (Å²) in [6, 6.07) is 0. The van der Waals surface area contributed by atoms with Crippen LogP contribution in [0.15, 0.2) is 47.8 Å². The summed E-state index contributed by atoms with van der Waals surface area (Å²) in [5.41, 5.74) is 0.813. The molecule has 1 aliphatic carbocycles. The van der Waals surface area contributed by atoms with Gasteiger partial charge in [0.2, 0.25) is 0 Å². The Morgan fingerprint density at radius 1 is 1.56 bits per heavy atom. The van der Waals surface area contributed by atoms with Crippen molar-refractivity contribution in [3.63, 3.8) is 0 Å². The molecule has 0 aromatic carbocycles. The summed E-state index contributed by atoms with van der Waals surface area (Å²) in [5.74, 6) is 1.46. The molecule has 1 rings (SSSR count). The molecule has 0 aromatic heterocycles. The zero-order valence-corrected chi connectivity index (χ0v) is 11.5. The van der Waals surface area contributed by atoms with E-state index in [0.29, 0.717) is 5.92 Å². The summed E-state index contributed by atoms with van der Waals surface area (Å²) >= 11 is 0. The molecule has 0 fully saturated rings. The average Bonchev–Trinajstić information content (AvgIpc) is 2.37. The van der Waals surface area contributed by atoms with Gasteiger partial charge in [-0.1, -0.05) is 44.2 Å². The Labute approximate surface area is 110 Å². The van der Waals surface area contributed by atoms with Gasteiger partial charge in [-0.2, -0.15) is 0 Å². The second-order valence-corrected chi connectivity index (χ2v) is 4.48. The van der Waals surface area contributed by atoms with Crippen molar-refractivity contribution in [2.24, 2.45) is 5.92 Å². The minimum absolute atomic E-state index is 0.0682. The molecule has 0 saturated carbocycles. The molecule has 0 bridgehead atoms. The highest BCUT2D eigenvalue weighted by molar-refractivity contribution is 5.96. The van der Waals surface area contributed by atoms with Gasteiger partial charge in [-0.25, -0.2) is 0 Å². The second-order valence-electron chi connectivity index (χ2n) is 4.48. The normalized spacial score (nSPS) is 20.1. The monoisotopic (exact) mass is 246 g/mol. The van der Waals surface area contributed by atoms with Crippen LogP contribution in [0.4, 0.5) is 0 Å². The number of carbonyl (C=O) groups excluding carboxylic acids is 1. The van der Waals surface area contributed by atoms with Crippen molar-refractivity contribution in [3.8, 4) is 0 Å². The largest absolute Gasteiger partial charge is 0.490 e. The van der Waals surface area contributed by atoms with Crippen LogP contribution in [0.1, 0.15) is 33.6 Å². The molecule has 0 radical (unpaired) electrons. The van der Waals surface area contributed by atoms with Gasteiger partial charge in [-0.15, -0.1) is 0 Å². The maximum atomic E-state index is 11.9. The van der Waals surface area contributed by atoms with Crippen molar-refractivity contribution in [2.45, 2.75) is 33.6 Å². The molecule has 0 spiro atoms. The average molecular weight is 246 g/mol. The van der Waals surface area contributed by atoms with E-state index in [1.54, 1.807) is 0 Å². The minimum atomic E-state index is 0.0682. The number of carbonyl (C=O) groups is 1. The molecule has 2 nitrogen and oxygen atoms in total. The molecular formula is C16H22O2. The highest BCUT2D eigenvalue weighted by Crippen LogP contribution is 2.19. The van der Waals surface area contributed by atoms with Gasteiger partial charge < -0.3 is 4.74 Å². The topological polar surface area (TPSA) is 26.3 Å². The van der Waals surface area contributed by atoms with Crippen LogP contribution in [0.3, 0.4) is 0 Å². The van der Waals surface area contributed by atoms with Crippen molar-refractivity contribution < 1.29 is 9.53 Å². The first-order chi connectivity index (χ1) is 8.67. The summed E-state index contributed by atoms with van der Waals surface area (Å²) in [5, 5.41) is 0. The van der Waals surface area contributed by atoms with E-state index in [2.05, 4.69) is 13.0 Å². The van der Waals surface area contributed by atoms with E-state index in [9.17, 15) is 4.79 Å². The van der Waals surface area contributed by atoms with Gasteiger partial charge in [0, 0.05) is 6.42 Å². The Morgan fingerprint density at radius 2 is 2.33 bits per heavy atom. The van der Waals surface area contributed by atoms with Crippen LogP contribution in [-0.2, 0) is 9.53 Å². The fraction of sp³-hybridized carbons (Fsp3) is 0.438. The van der Waals surface area contributed by atoms with Crippen LogP contribution >= 0.6 is 0 Å². The molecule has 1 unspecified atom stereocenters. The molecule has 1 atom stereocenters. The number of Topliss-reactive ketones (excluding diaryl/α,β-unsaturated/α-hetero) is 1. The Hall–Kier alpha value is -1.57. The van der Waals surface area contributed by atoms with Crippen LogP contribution in [0.25, 0.3) is 0 Å². The zero-order valence-electron chi connectivity index (χ0n) is 11.5. The van der Waals surface area contributed by atoms with Crippen LogP contribution in [-0.4, -0.2) is 12.4 Å². The van der Waals surface area contributed by atoms with Gasteiger partial charge in [0.15, 0.2) is 12.4 Å². The van der Waals surface area contributed by atoms with E-state index in [4.69, 9.17) is 4.74 Å². The van der Waals surface area contributed by atoms with Crippen LogP contribution < -0.4 is 0 Å². The molecular weight excluding hydrogens is 224 g/mol. The van der Waals surface area contributed by atoms with Crippen molar-refractivity contribution in [2.75, 3.05) is 6.61 Å². The lowest BCUT2D eigenvalue weighted by molar-refractivity contribution is -0.118. The van der Waals surface area contributed by atoms with Crippen molar-refractivity contribution in [3.05, 3.63) is 47.8 Å². The Morgan fingerprint density at radius 3 is 2.94 bits per heavy atom. The molecule has 0 aromatic rings. The third kappa shape index (κ3) is 4.74. The van der Waals surface area contributed by atoms with E-state index >= 15 is 0 Å². The smallest absolute Gasteiger partial charge is 0.196 e. The summed E-state index contributed by atoms with van der Waals surface area (Å²) < 4.78 is 5.57. The third-order valence-electron chi connectivity index (χ3n) is 2.86. The van der Waals surface area contributed by atoms with Crippen LogP contribution in [0.5, 0.6) is 0 Å². The standard InChI is InChI=1S/C16H22O2/c1-4-6-9-14(5-2)16(17)12-18-15-10-7-8-13(3)11-15/h4,6-10,13H,5,11-12H2,1-3H3/b6-4-,14-9+. The summed E-state index contributed by atoms with van der Waals surface area (Å²) in [6.07, 6.45) is 13.4. The summed E-state index contributed by atoms with van der Waals surface area (Å²) in [4.78, 5) is 11.9. The molecule has 2 heteroatoms. The van der Waals surface area contributed by atoms with E-state index in [1.807, 2.05) is 44.2 Å². The van der Waals surface area contributed by atoms with Crippen LogP contribution in [0, 0.1) is 5.92 Å². The van der Waals surface area contributed by atoms with E-state index in [-0.39, 0.29) is 12.4 Å². The van der Waals surface area contributed by atoms with Crippen LogP contribution in [0.2, 0.25) is 0 Å². The quantitative estimate of drug-likeness (QED) is 0.523.